The van der Waals surface area contributed by atoms with Crippen LogP contribution in [0.4, 0.5) is 5.69 Å². The number of primary amides is 1. The summed E-state index contributed by atoms with van der Waals surface area (Å²) in [6, 6.07) is 0.961. The Morgan fingerprint density at radius 1 is 1.14 bits per heavy atom. The van der Waals surface area contributed by atoms with Gasteiger partial charge in [-0.2, -0.15) is 12.6 Å². The van der Waals surface area contributed by atoms with Crippen LogP contribution >= 0.6 is 12.6 Å². The monoisotopic (exact) mass is 618 g/mol. The highest BCUT2D eigenvalue weighted by atomic mass is 32.1. The van der Waals surface area contributed by atoms with Crippen molar-refractivity contribution < 1.29 is 44.7 Å². The molecule has 8 N–H and O–H groups in total. The largest absolute Gasteiger partial charge is 0.510 e. The fraction of sp³-hybridized carbons (Fsp3) is 0.517. The molecule has 43 heavy (non-hydrogen) atoms. The molecule has 1 aromatic carbocycles. The van der Waals surface area contributed by atoms with E-state index in [0.29, 0.717) is 18.7 Å². The summed E-state index contributed by atoms with van der Waals surface area (Å²) in [7, 11) is 2.94. The van der Waals surface area contributed by atoms with E-state index in [1.165, 1.54) is 31.1 Å². The molecule has 0 saturated carbocycles. The van der Waals surface area contributed by atoms with Gasteiger partial charge in [0.1, 0.15) is 17.1 Å². The molecule has 7 atom stereocenters. The molecule has 0 aromatic heterocycles. The van der Waals surface area contributed by atoms with Crippen LogP contribution in [0.1, 0.15) is 42.6 Å². The maximum atomic E-state index is 14.0. The van der Waals surface area contributed by atoms with E-state index < -0.39 is 93.3 Å². The molecule has 0 heterocycles. The molecular weight excluding hydrogens is 580 g/mol. The average Bonchev–Trinajstić information content (AvgIpc) is 2.94. The molecule has 1 aromatic rings. The number of ketones is 2. The molecule has 0 radical (unpaired) electrons. The number of hydrogen-bond donors (Lipinski definition) is 8. The first-order valence-corrected chi connectivity index (χ1v) is 14.6. The molecule has 0 bridgehead atoms. The SMILES string of the molecule is CCN(CC)C(CS)C(=O)Nc1ccc2c(c1O)C(=O)C1=C(O)C3(O)C(=O)C(C(N)=O)=C(O)[C@@H](N(C)C)C3C(O)C1C2C. The number of phenolic OH excluding ortho intramolecular Hbond substituents is 1. The van der Waals surface area contributed by atoms with Crippen molar-refractivity contribution in [3.63, 3.8) is 0 Å². The van der Waals surface area contributed by atoms with E-state index in [2.05, 4.69) is 17.9 Å². The molecular formula is C29H38N4O9S. The Morgan fingerprint density at radius 2 is 1.74 bits per heavy atom. The minimum atomic E-state index is -3.01. The van der Waals surface area contributed by atoms with Crippen LogP contribution in [0, 0.1) is 11.8 Å². The van der Waals surface area contributed by atoms with Crippen molar-refractivity contribution in [3.05, 3.63) is 45.9 Å². The summed E-state index contributed by atoms with van der Waals surface area (Å²) >= 11 is 4.29. The second-order valence-electron chi connectivity index (χ2n) is 11.4. The highest BCUT2D eigenvalue weighted by Gasteiger charge is 2.67. The van der Waals surface area contributed by atoms with E-state index in [1.54, 1.807) is 6.92 Å². The van der Waals surface area contributed by atoms with Gasteiger partial charge >= 0.3 is 0 Å². The van der Waals surface area contributed by atoms with Gasteiger partial charge in [-0.1, -0.05) is 26.8 Å². The zero-order valence-corrected chi connectivity index (χ0v) is 25.4. The third-order valence-electron chi connectivity index (χ3n) is 9.12. The molecule has 3 aliphatic rings. The van der Waals surface area contributed by atoms with Gasteiger partial charge in [-0.3, -0.25) is 29.0 Å². The predicted molar refractivity (Wildman–Crippen MR) is 159 cm³/mol. The number of rotatable bonds is 8. The minimum Gasteiger partial charge on any atom is -0.510 e. The second-order valence-corrected chi connectivity index (χ2v) is 11.8. The molecule has 13 nitrogen and oxygen atoms in total. The van der Waals surface area contributed by atoms with Gasteiger partial charge in [0.15, 0.2) is 17.1 Å². The number of Topliss-reactive ketones (excluding diaryl/α,β-unsaturated/α-hetero) is 2. The number of anilines is 1. The summed E-state index contributed by atoms with van der Waals surface area (Å²) in [5.41, 5.74) is 0.770. The van der Waals surface area contributed by atoms with E-state index in [9.17, 15) is 44.7 Å². The Hall–Kier alpha value is -3.43. The third-order valence-corrected chi connectivity index (χ3v) is 9.46. The Balaban J connectivity index is 1.88. The Bertz CT molecular complexity index is 1450. The van der Waals surface area contributed by atoms with Crippen molar-refractivity contribution in [2.45, 2.75) is 50.5 Å². The molecule has 234 valence electrons. The summed E-state index contributed by atoms with van der Waals surface area (Å²) in [6.45, 7) is 6.55. The van der Waals surface area contributed by atoms with Crippen molar-refractivity contribution >= 4 is 41.7 Å². The maximum Gasteiger partial charge on any atom is 0.255 e. The van der Waals surface area contributed by atoms with E-state index >= 15 is 0 Å². The summed E-state index contributed by atoms with van der Waals surface area (Å²) < 4.78 is 0. The quantitative estimate of drug-likeness (QED) is 0.112. The van der Waals surface area contributed by atoms with Crippen LogP contribution in [0.15, 0.2) is 34.8 Å². The van der Waals surface area contributed by atoms with Crippen molar-refractivity contribution in [2.75, 3.05) is 38.3 Å². The lowest BCUT2D eigenvalue weighted by Crippen LogP contribution is -2.68. The molecule has 0 aliphatic heterocycles. The summed E-state index contributed by atoms with van der Waals surface area (Å²) in [6.07, 6.45) is -1.69. The molecule has 6 unspecified atom stereocenters. The number of nitrogens with two attached hydrogens (primary N) is 1. The minimum absolute atomic E-state index is 0.0833. The number of benzene rings is 1. The molecule has 2 amide bonds. The van der Waals surface area contributed by atoms with Crippen LogP contribution in [0.25, 0.3) is 0 Å². The number of carbonyl (C=O) groups excluding carboxylic acids is 4. The van der Waals surface area contributed by atoms with E-state index in [4.69, 9.17) is 5.73 Å². The van der Waals surface area contributed by atoms with Crippen LogP contribution in [0.2, 0.25) is 0 Å². The summed E-state index contributed by atoms with van der Waals surface area (Å²) in [4.78, 5) is 56.0. The molecule has 4 rings (SSSR count). The Labute approximate surface area is 254 Å². The molecule has 0 fully saturated rings. The van der Waals surface area contributed by atoms with Gasteiger partial charge < -0.3 is 36.6 Å². The maximum absolute atomic E-state index is 14.0. The van der Waals surface area contributed by atoms with Crippen LogP contribution in [-0.2, 0) is 14.4 Å². The number of thiol groups is 1. The number of nitrogens with one attached hydrogen (secondary N) is 1. The van der Waals surface area contributed by atoms with Gasteiger partial charge in [-0.15, -0.1) is 0 Å². The van der Waals surface area contributed by atoms with E-state index in [-0.39, 0.29) is 17.0 Å². The fourth-order valence-electron chi connectivity index (χ4n) is 6.97. The zero-order chi connectivity index (χ0) is 32.3. The first-order valence-electron chi connectivity index (χ1n) is 14.0. The molecule has 0 spiro atoms. The van der Waals surface area contributed by atoms with Gasteiger partial charge in [0.25, 0.3) is 5.91 Å². The first kappa shape index (κ1) is 32.5. The Kier molecular flexibility index (Phi) is 8.75. The number of nitrogens with zero attached hydrogens (tertiary/aromatic N) is 2. The second kappa shape index (κ2) is 11.6. The van der Waals surface area contributed by atoms with Crippen LogP contribution < -0.4 is 11.1 Å². The predicted octanol–water partition coefficient (Wildman–Crippen LogP) is 0.231. The molecule has 3 aliphatic carbocycles. The van der Waals surface area contributed by atoms with Crippen molar-refractivity contribution in [2.24, 2.45) is 17.6 Å². The fourth-order valence-corrected chi connectivity index (χ4v) is 7.37. The highest BCUT2D eigenvalue weighted by Crippen LogP contribution is 2.56. The number of amides is 2. The van der Waals surface area contributed by atoms with Crippen LogP contribution in [0.3, 0.4) is 0 Å². The molecule has 0 saturated heterocycles. The standard InChI is InChI=1S/C29H38N4O9S/c1-6-33(7-2)14(10-43)28(41)31-13-9-8-12-11(3)15-17(22(35)16(12)21(13)34)25(38)29(42)19(23(15)36)20(32(4)5)24(37)18(26(29)39)27(30)40/h8-9,11,14-15,19-20,23,34,36-38,42-43H,6-7,10H2,1-5H3,(H2,30,40)(H,31,41)/t11?,14?,15?,19?,20-,23?,29?/m0/s1. The number of hydrogen-bond acceptors (Lipinski definition) is 12. The highest BCUT2D eigenvalue weighted by molar-refractivity contribution is 7.80. The number of aromatic hydroxyl groups is 1. The van der Waals surface area contributed by atoms with Crippen molar-refractivity contribution in [1.29, 1.82) is 0 Å². The topological polar surface area (TPSA) is 214 Å². The lowest BCUT2D eigenvalue weighted by Gasteiger charge is -2.53. The van der Waals surface area contributed by atoms with Gasteiger partial charge in [0.05, 0.1) is 35.4 Å². The first-order chi connectivity index (χ1) is 20.1. The number of aliphatic hydroxyl groups is 4. The number of likely N-dealkylation sites (N-methyl/N-ethyl adjacent to an activating group) is 2. The Morgan fingerprint density at radius 3 is 2.26 bits per heavy atom. The smallest absolute Gasteiger partial charge is 0.255 e. The van der Waals surface area contributed by atoms with Gasteiger partial charge in [-0.05, 0) is 44.7 Å². The molecule has 14 heteroatoms. The normalized spacial score (nSPS) is 29.4. The average molecular weight is 619 g/mol. The zero-order valence-electron chi connectivity index (χ0n) is 24.5. The lowest BCUT2D eigenvalue weighted by molar-refractivity contribution is -0.162. The van der Waals surface area contributed by atoms with Crippen molar-refractivity contribution in [1.82, 2.24) is 9.80 Å². The number of fused-ring (bicyclic) bond motifs is 3. The van der Waals surface area contributed by atoms with Gasteiger partial charge in [0, 0.05) is 17.2 Å². The number of carbonyl (C=O) groups is 4. The van der Waals surface area contributed by atoms with Crippen LogP contribution in [-0.4, -0.2) is 115 Å². The van der Waals surface area contributed by atoms with Crippen LogP contribution in [0.5, 0.6) is 5.75 Å². The van der Waals surface area contributed by atoms with Crippen molar-refractivity contribution in [3.8, 4) is 5.75 Å². The summed E-state index contributed by atoms with van der Waals surface area (Å²) in [5, 5.41) is 59.8. The lowest BCUT2D eigenvalue weighted by atomic mass is 9.55. The number of aliphatic hydroxyl groups excluding tert-OH is 3. The van der Waals surface area contributed by atoms with Gasteiger partial charge in [0.2, 0.25) is 11.7 Å². The van der Waals surface area contributed by atoms with E-state index in [0.717, 1.165) is 0 Å². The van der Waals surface area contributed by atoms with Gasteiger partial charge in [-0.25, -0.2) is 0 Å². The summed E-state index contributed by atoms with van der Waals surface area (Å²) in [5.74, 6) is -10.1. The third kappa shape index (κ3) is 4.63. The number of phenols is 1. The van der Waals surface area contributed by atoms with E-state index in [1.807, 2.05) is 18.7 Å².